The maximum atomic E-state index is 9.41. The predicted octanol–water partition coefficient (Wildman–Crippen LogP) is 0.948. The van der Waals surface area contributed by atoms with E-state index in [2.05, 4.69) is 36.0 Å². The first-order valence-electron chi connectivity index (χ1n) is 5.65. The van der Waals surface area contributed by atoms with E-state index >= 15 is 0 Å². The molecule has 6 nitrogen and oxygen atoms in total. The summed E-state index contributed by atoms with van der Waals surface area (Å²) >= 11 is 3.36. The monoisotopic (exact) mass is 309 g/mol. The van der Waals surface area contributed by atoms with Crippen molar-refractivity contribution in [1.29, 1.82) is 0 Å². The molecular formula is C11H12BrN5O. The molecule has 0 fully saturated rings. The average Bonchev–Trinajstić information content (AvgIpc) is 2.85. The second-order valence-corrected chi connectivity index (χ2v) is 5.07. The van der Waals surface area contributed by atoms with Gasteiger partial charge in [0.2, 0.25) is 0 Å². The Balaban J connectivity index is 1.93. The van der Waals surface area contributed by atoms with E-state index in [1.54, 1.807) is 12.5 Å². The molecule has 1 aliphatic rings. The molecule has 0 aliphatic carbocycles. The number of aliphatic hydroxyl groups excluding tert-OH is 1. The van der Waals surface area contributed by atoms with Gasteiger partial charge in [0.05, 0.1) is 13.2 Å². The van der Waals surface area contributed by atoms with Gasteiger partial charge in [-0.25, -0.2) is 4.98 Å². The summed E-state index contributed by atoms with van der Waals surface area (Å²) in [6.45, 7) is 2.32. The first-order chi connectivity index (χ1) is 8.78. The van der Waals surface area contributed by atoms with Gasteiger partial charge in [0.25, 0.3) is 0 Å². The zero-order chi connectivity index (χ0) is 12.5. The second kappa shape index (κ2) is 4.66. The van der Waals surface area contributed by atoms with Crippen molar-refractivity contribution >= 4 is 21.7 Å². The van der Waals surface area contributed by atoms with Crippen LogP contribution in [0.3, 0.4) is 0 Å². The molecule has 1 N–H and O–H groups in total. The molecule has 0 unspecified atom stereocenters. The van der Waals surface area contributed by atoms with Crippen LogP contribution in [0.15, 0.2) is 23.1 Å². The largest absolute Gasteiger partial charge is 0.392 e. The standard InChI is InChI=1S/C11H12BrN5O/c12-9-3-8(6-18)11(13-4-9)16-1-2-17-7-14-15-10(17)5-16/h3-4,7,18H,1-2,5-6H2. The fourth-order valence-electron chi connectivity index (χ4n) is 2.12. The molecule has 18 heavy (non-hydrogen) atoms. The third kappa shape index (κ3) is 1.99. The second-order valence-electron chi connectivity index (χ2n) is 4.16. The van der Waals surface area contributed by atoms with E-state index in [0.29, 0.717) is 6.54 Å². The van der Waals surface area contributed by atoms with Crippen molar-refractivity contribution in [1.82, 2.24) is 19.7 Å². The summed E-state index contributed by atoms with van der Waals surface area (Å²) in [5.74, 6) is 1.74. The van der Waals surface area contributed by atoms with Gasteiger partial charge in [-0.15, -0.1) is 10.2 Å². The average molecular weight is 310 g/mol. The highest BCUT2D eigenvalue weighted by atomic mass is 79.9. The van der Waals surface area contributed by atoms with Crippen LogP contribution in [-0.4, -0.2) is 31.4 Å². The van der Waals surface area contributed by atoms with Gasteiger partial charge in [-0.05, 0) is 22.0 Å². The van der Waals surface area contributed by atoms with Crippen LogP contribution in [-0.2, 0) is 19.7 Å². The molecule has 2 aromatic heterocycles. The molecule has 0 saturated heterocycles. The zero-order valence-electron chi connectivity index (χ0n) is 9.62. The van der Waals surface area contributed by atoms with Crippen molar-refractivity contribution in [2.45, 2.75) is 19.7 Å². The molecule has 2 aromatic rings. The Morgan fingerprint density at radius 3 is 3.11 bits per heavy atom. The fourth-order valence-corrected chi connectivity index (χ4v) is 2.50. The van der Waals surface area contributed by atoms with Crippen LogP contribution in [0.4, 0.5) is 5.82 Å². The molecule has 1 aliphatic heterocycles. The number of hydrogen-bond donors (Lipinski definition) is 1. The van der Waals surface area contributed by atoms with Crippen molar-refractivity contribution in [3.8, 4) is 0 Å². The van der Waals surface area contributed by atoms with Crippen molar-refractivity contribution in [2.75, 3.05) is 11.4 Å². The summed E-state index contributed by atoms with van der Waals surface area (Å²) < 4.78 is 2.91. The number of nitrogens with zero attached hydrogens (tertiary/aromatic N) is 5. The molecule has 0 spiro atoms. The van der Waals surface area contributed by atoms with Crippen LogP contribution in [0.2, 0.25) is 0 Å². The van der Waals surface area contributed by atoms with E-state index in [9.17, 15) is 5.11 Å². The Morgan fingerprint density at radius 1 is 1.39 bits per heavy atom. The highest BCUT2D eigenvalue weighted by Gasteiger charge is 2.20. The first-order valence-corrected chi connectivity index (χ1v) is 6.44. The van der Waals surface area contributed by atoms with Crippen LogP contribution >= 0.6 is 15.9 Å². The van der Waals surface area contributed by atoms with Crippen molar-refractivity contribution in [3.05, 3.63) is 34.5 Å². The lowest BCUT2D eigenvalue weighted by Crippen LogP contribution is -2.34. The Labute approximate surface area is 112 Å². The molecule has 7 heteroatoms. The molecule has 0 radical (unpaired) electrons. The molecule has 0 saturated carbocycles. The van der Waals surface area contributed by atoms with Gasteiger partial charge in [-0.2, -0.15) is 0 Å². The number of fused-ring (bicyclic) bond motifs is 1. The summed E-state index contributed by atoms with van der Waals surface area (Å²) in [5, 5.41) is 17.4. The molecular weight excluding hydrogens is 298 g/mol. The molecule has 0 amide bonds. The van der Waals surface area contributed by atoms with Crippen LogP contribution in [0.25, 0.3) is 0 Å². The summed E-state index contributed by atoms with van der Waals surface area (Å²) in [4.78, 5) is 6.50. The van der Waals surface area contributed by atoms with E-state index in [0.717, 1.165) is 34.8 Å². The Hall–Kier alpha value is -1.47. The summed E-state index contributed by atoms with van der Waals surface area (Å²) in [5.41, 5.74) is 0.817. The van der Waals surface area contributed by atoms with E-state index in [-0.39, 0.29) is 6.61 Å². The van der Waals surface area contributed by atoms with Gasteiger partial charge in [-0.1, -0.05) is 0 Å². The number of aromatic nitrogens is 4. The number of halogens is 1. The smallest absolute Gasteiger partial charge is 0.152 e. The zero-order valence-corrected chi connectivity index (χ0v) is 11.2. The minimum Gasteiger partial charge on any atom is -0.392 e. The van der Waals surface area contributed by atoms with E-state index < -0.39 is 0 Å². The van der Waals surface area contributed by atoms with Crippen LogP contribution in [0, 0.1) is 0 Å². The van der Waals surface area contributed by atoms with E-state index in [1.807, 2.05) is 10.6 Å². The molecule has 3 rings (SSSR count). The van der Waals surface area contributed by atoms with Gasteiger partial charge in [0, 0.05) is 29.3 Å². The van der Waals surface area contributed by atoms with Gasteiger partial charge in [0.1, 0.15) is 12.1 Å². The Bertz CT molecular complexity index is 570. The lowest BCUT2D eigenvalue weighted by atomic mass is 10.2. The molecule has 0 atom stereocenters. The lowest BCUT2D eigenvalue weighted by molar-refractivity contribution is 0.281. The van der Waals surface area contributed by atoms with Gasteiger partial charge >= 0.3 is 0 Å². The molecule has 3 heterocycles. The fraction of sp³-hybridized carbons (Fsp3) is 0.364. The van der Waals surface area contributed by atoms with Gasteiger partial charge < -0.3 is 14.6 Å². The quantitative estimate of drug-likeness (QED) is 0.894. The summed E-state index contributed by atoms with van der Waals surface area (Å²) in [6.07, 6.45) is 3.49. The topological polar surface area (TPSA) is 67.1 Å². The normalized spacial score (nSPS) is 14.7. The van der Waals surface area contributed by atoms with Crippen molar-refractivity contribution in [3.63, 3.8) is 0 Å². The Kier molecular flexibility index (Phi) is 3.00. The van der Waals surface area contributed by atoms with Gasteiger partial charge in [-0.3, -0.25) is 0 Å². The minimum atomic E-state index is -0.0229. The molecule has 94 valence electrons. The predicted molar refractivity (Wildman–Crippen MR) is 68.9 cm³/mol. The van der Waals surface area contributed by atoms with Crippen LogP contribution < -0.4 is 4.90 Å². The van der Waals surface area contributed by atoms with Crippen LogP contribution in [0.1, 0.15) is 11.4 Å². The molecule has 0 bridgehead atoms. The molecule has 0 aromatic carbocycles. The number of pyridine rings is 1. The number of hydrogen-bond acceptors (Lipinski definition) is 5. The van der Waals surface area contributed by atoms with E-state index in [4.69, 9.17) is 0 Å². The van der Waals surface area contributed by atoms with Crippen molar-refractivity contribution in [2.24, 2.45) is 0 Å². The number of aliphatic hydroxyl groups is 1. The maximum absolute atomic E-state index is 9.41. The van der Waals surface area contributed by atoms with E-state index in [1.165, 1.54) is 0 Å². The minimum absolute atomic E-state index is 0.0229. The maximum Gasteiger partial charge on any atom is 0.152 e. The number of anilines is 1. The third-order valence-electron chi connectivity index (χ3n) is 3.02. The first kappa shape index (κ1) is 11.6. The van der Waals surface area contributed by atoms with Crippen molar-refractivity contribution < 1.29 is 5.11 Å². The van der Waals surface area contributed by atoms with Crippen LogP contribution in [0.5, 0.6) is 0 Å². The highest BCUT2D eigenvalue weighted by molar-refractivity contribution is 9.10. The summed E-state index contributed by atoms with van der Waals surface area (Å²) in [6, 6.07) is 1.89. The number of rotatable bonds is 2. The lowest BCUT2D eigenvalue weighted by Gasteiger charge is -2.29. The third-order valence-corrected chi connectivity index (χ3v) is 3.45. The SMILES string of the molecule is OCc1cc(Br)cnc1N1CCn2cnnc2C1. The summed E-state index contributed by atoms with van der Waals surface area (Å²) in [7, 11) is 0. The van der Waals surface area contributed by atoms with Gasteiger partial charge in [0.15, 0.2) is 5.82 Å². The Morgan fingerprint density at radius 2 is 2.28 bits per heavy atom. The highest BCUT2D eigenvalue weighted by Crippen LogP contribution is 2.24.